The van der Waals surface area contributed by atoms with Crippen molar-refractivity contribution in [1.29, 1.82) is 0 Å². The number of rotatable bonds is 2. The standard InChI is InChI=1S/C15H14FN/c1-10(2)14-6-4-12(8-11(14)3)15-7-5-13(16)9-17-15/h4-9H,1H2,2-3H3. The predicted octanol–water partition coefficient (Wildman–Crippen LogP) is 4.23. The van der Waals surface area contributed by atoms with Gasteiger partial charge in [0.05, 0.1) is 11.9 Å². The Kier molecular flexibility index (Phi) is 3.05. The average Bonchev–Trinajstić information content (AvgIpc) is 2.29. The lowest BCUT2D eigenvalue weighted by atomic mass is 9.99. The molecule has 1 aromatic heterocycles. The first-order valence-electron chi connectivity index (χ1n) is 5.46. The summed E-state index contributed by atoms with van der Waals surface area (Å²) in [6, 6.07) is 9.16. The first-order valence-corrected chi connectivity index (χ1v) is 5.46. The first-order chi connectivity index (χ1) is 8.08. The summed E-state index contributed by atoms with van der Waals surface area (Å²) in [5, 5.41) is 0. The summed E-state index contributed by atoms with van der Waals surface area (Å²) in [7, 11) is 0. The van der Waals surface area contributed by atoms with E-state index in [1.807, 2.05) is 32.0 Å². The molecule has 0 N–H and O–H groups in total. The molecule has 2 heteroatoms. The number of pyridine rings is 1. The molecule has 0 aliphatic carbocycles. The van der Waals surface area contributed by atoms with Crippen LogP contribution >= 0.6 is 0 Å². The van der Waals surface area contributed by atoms with E-state index in [-0.39, 0.29) is 5.82 Å². The van der Waals surface area contributed by atoms with Gasteiger partial charge in [-0.05, 0) is 43.2 Å². The summed E-state index contributed by atoms with van der Waals surface area (Å²) >= 11 is 0. The monoisotopic (exact) mass is 227 g/mol. The van der Waals surface area contributed by atoms with E-state index in [9.17, 15) is 4.39 Å². The van der Waals surface area contributed by atoms with Crippen molar-refractivity contribution in [2.45, 2.75) is 13.8 Å². The average molecular weight is 227 g/mol. The molecule has 17 heavy (non-hydrogen) atoms. The summed E-state index contributed by atoms with van der Waals surface area (Å²) in [5.41, 5.74) is 5.12. The maximum absolute atomic E-state index is 12.8. The van der Waals surface area contributed by atoms with E-state index < -0.39 is 0 Å². The maximum Gasteiger partial charge on any atom is 0.141 e. The van der Waals surface area contributed by atoms with Crippen molar-refractivity contribution < 1.29 is 4.39 Å². The summed E-state index contributed by atoms with van der Waals surface area (Å²) < 4.78 is 12.8. The Morgan fingerprint density at radius 2 is 2.00 bits per heavy atom. The van der Waals surface area contributed by atoms with E-state index in [1.54, 1.807) is 6.07 Å². The summed E-state index contributed by atoms with van der Waals surface area (Å²) in [6.07, 6.45) is 1.23. The Bertz CT molecular complexity index is 556. The Morgan fingerprint density at radius 3 is 2.53 bits per heavy atom. The lowest BCUT2D eigenvalue weighted by Crippen LogP contribution is -1.89. The second-order valence-corrected chi connectivity index (χ2v) is 4.17. The van der Waals surface area contributed by atoms with Gasteiger partial charge in [-0.1, -0.05) is 24.3 Å². The highest BCUT2D eigenvalue weighted by Gasteiger charge is 2.04. The summed E-state index contributed by atoms with van der Waals surface area (Å²) in [5.74, 6) is -0.316. The van der Waals surface area contributed by atoms with Gasteiger partial charge < -0.3 is 0 Å². The van der Waals surface area contributed by atoms with Crippen molar-refractivity contribution in [3.63, 3.8) is 0 Å². The molecule has 1 aromatic carbocycles. The van der Waals surface area contributed by atoms with Gasteiger partial charge >= 0.3 is 0 Å². The van der Waals surface area contributed by atoms with Gasteiger partial charge in [0.2, 0.25) is 0 Å². The zero-order valence-electron chi connectivity index (χ0n) is 10.00. The van der Waals surface area contributed by atoms with Crippen molar-refractivity contribution >= 4 is 5.57 Å². The normalized spacial score (nSPS) is 10.3. The van der Waals surface area contributed by atoms with Gasteiger partial charge in [-0.2, -0.15) is 0 Å². The third kappa shape index (κ3) is 2.41. The van der Waals surface area contributed by atoms with Crippen LogP contribution in [0.2, 0.25) is 0 Å². The molecule has 1 heterocycles. The molecule has 0 spiro atoms. The van der Waals surface area contributed by atoms with E-state index in [0.29, 0.717) is 0 Å². The van der Waals surface area contributed by atoms with Crippen LogP contribution in [0.4, 0.5) is 4.39 Å². The van der Waals surface area contributed by atoms with E-state index >= 15 is 0 Å². The largest absolute Gasteiger partial charge is 0.253 e. The number of aromatic nitrogens is 1. The van der Waals surface area contributed by atoms with Gasteiger partial charge in [-0.3, -0.25) is 4.98 Å². The van der Waals surface area contributed by atoms with Crippen LogP contribution in [-0.4, -0.2) is 4.98 Å². The lowest BCUT2D eigenvalue weighted by molar-refractivity contribution is 0.622. The molecular formula is C15H14FN. The highest BCUT2D eigenvalue weighted by Crippen LogP contribution is 2.23. The number of hydrogen-bond acceptors (Lipinski definition) is 1. The van der Waals surface area contributed by atoms with Gasteiger partial charge in [0.25, 0.3) is 0 Å². The number of nitrogens with zero attached hydrogens (tertiary/aromatic N) is 1. The van der Waals surface area contributed by atoms with E-state index in [2.05, 4.69) is 11.6 Å². The number of aryl methyl sites for hydroxylation is 1. The van der Waals surface area contributed by atoms with Crippen LogP contribution in [0.5, 0.6) is 0 Å². The molecule has 0 unspecified atom stereocenters. The maximum atomic E-state index is 12.8. The molecule has 0 radical (unpaired) electrons. The molecular weight excluding hydrogens is 213 g/mol. The lowest BCUT2D eigenvalue weighted by Gasteiger charge is -2.07. The highest BCUT2D eigenvalue weighted by molar-refractivity contribution is 5.69. The molecule has 0 bridgehead atoms. The number of hydrogen-bond donors (Lipinski definition) is 0. The number of allylic oxidation sites excluding steroid dienone is 1. The van der Waals surface area contributed by atoms with Gasteiger partial charge in [-0.15, -0.1) is 0 Å². The van der Waals surface area contributed by atoms with Gasteiger partial charge in [0.15, 0.2) is 0 Å². The van der Waals surface area contributed by atoms with Crippen molar-refractivity contribution in [2.75, 3.05) is 0 Å². The first kappa shape index (κ1) is 11.5. The Labute approximate surface area is 101 Å². The molecule has 0 amide bonds. The van der Waals surface area contributed by atoms with Gasteiger partial charge in [0, 0.05) is 5.56 Å². The van der Waals surface area contributed by atoms with Gasteiger partial charge in [0.1, 0.15) is 5.82 Å². The fourth-order valence-corrected chi connectivity index (χ4v) is 1.85. The Hall–Kier alpha value is -1.96. The van der Waals surface area contributed by atoms with E-state index in [1.165, 1.54) is 12.3 Å². The van der Waals surface area contributed by atoms with Crippen LogP contribution < -0.4 is 0 Å². The molecule has 1 nitrogen and oxygen atoms in total. The Morgan fingerprint density at radius 1 is 1.24 bits per heavy atom. The Balaban J connectivity index is 2.44. The highest BCUT2D eigenvalue weighted by atomic mass is 19.1. The molecule has 0 saturated heterocycles. The van der Waals surface area contributed by atoms with E-state index in [0.717, 1.165) is 28.0 Å². The minimum absolute atomic E-state index is 0.316. The summed E-state index contributed by atoms with van der Waals surface area (Å²) in [4.78, 5) is 4.07. The summed E-state index contributed by atoms with van der Waals surface area (Å²) in [6.45, 7) is 7.96. The quantitative estimate of drug-likeness (QED) is 0.748. The third-order valence-corrected chi connectivity index (χ3v) is 2.71. The second kappa shape index (κ2) is 4.50. The number of benzene rings is 1. The zero-order valence-corrected chi connectivity index (χ0v) is 10.00. The minimum Gasteiger partial charge on any atom is -0.253 e. The van der Waals surface area contributed by atoms with Crippen molar-refractivity contribution in [1.82, 2.24) is 4.98 Å². The van der Waals surface area contributed by atoms with E-state index in [4.69, 9.17) is 0 Å². The van der Waals surface area contributed by atoms with Crippen LogP contribution in [0, 0.1) is 12.7 Å². The van der Waals surface area contributed by atoms with Crippen LogP contribution in [-0.2, 0) is 0 Å². The molecule has 0 atom stereocenters. The fraction of sp³-hybridized carbons (Fsp3) is 0.133. The minimum atomic E-state index is -0.316. The van der Waals surface area contributed by atoms with Crippen LogP contribution in [0.3, 0.4) is 0 Å². The van der Waals surface area contributed by atoms with Crippen molar-refractivity contribution in [2.24, 2.45) is 0 Å². The van der Waals surface area contributed by atoms with Crippen molar-refractivity contribution in [3.8, 4) is 11.3 Å². The topological polar surface area (TPSA) is 12.9 Å². The van der Waals surface area contributed by atoms with Crippen LogP contribution in [0.25, 0.3) is 16.8 Å². The SMILES string of the molecule is C=C(C)c1ccc(-c2ccc(F)cn2)cc1C. The molecule has 86 valence electrons. The fourth-order valence-electron chi connectivity index (χ4n) is 1.85. The molecule has 0 aliphatic heterocycles. The van der Waals surface area contributed by atoms with Crippen LogP contribution in [0.15, 0.2) is 43.1 Å². The van der Waals surface area contributed by atoms with Crippen molar-refractivity contribution in [3.05, 3.63) is 60.1 Å². The third-order valence-electron chi connectivity index (χ3n) is 2.71. The predicted molar refractivity (Wildman–Crippen MR) is 69.1 cm³/mol. The zero-order chi connectivity index (χ0) is 12.4. The second-order valence-electron chi connectivity index (χ2n) is 4.17. The number of halogens is 1. The molecule has 2 aromatic rings. The van der Waals surface area contributed by atoms with Crippen LogP contribution in [0.1, 0.15) is 18.1 Å². The molecule has 0 fully saturated rings. The molecule has 0 saturated carbocycles. The van der Waals surface area contributed by atoms with Gasteiger partial charge in [-0.25, -0.2) is 4.39 Å². The smallest absolute Gasteiger partial charge is 0.141 e. The molecule has 0 aliphatic rings. The molecule has 2 rings (SSSR count).